The van der Waals surface area contributed by atoms with E-state index >= 15 is 0 Å². The number of benzene rings is 2. The zero-order valence-electron chi connectivity index (χ0n) is 17.1. The second-order valence-corrected chi connectivity index (χ2v) is 9.53. The second-order valence-electron chi connectivity index (χ2n) is 7.67. The molecule has 0 N–H and O–H groups in total. The fourth-order valence-corrected chi connectivity index (χ4v) is 5.60. The van der Waals surface area contributed by atoms with Crippen LogP contribution in [0.3, 0.4) is 0 Å². The third-order valence-electron chi connectivity index (χ3n) is 5.78. The van der Waals surface area contributed by atoms with Crippen molar-refractivity contribution in [2.45, 2.75) is 74.0 Å². The molecule has 0 spiro atoms. The fraction of sp³-hybridized carbons (Fsp3) is 0.500. The van der Waals surface area contributed by atoms with E-state index in [1.165, 1.54) is 22.3 Å². The first kappa shape index (κ1) is 24.1. The lowest BCUT2D eigenvalue weighted by Crippen LogP contribution is -2.27. The van der Waals surface area contributed by atoms with Crippen molar-refractivity contribution in [2.24, 2.45) is 0 Å². The van der Waals surface area contributed by atoms with Gasteiger partial charge in [0.25, 0.3) is 0 Å². The Morgan fingerprint density at radius 3 is 1.50 bits per heavy atom. The molecule has 0 amide bonds. The minimum Gasteiger partial charge on any atom is -0.179 e. The molecule has 2 aromatic carbocycles. The highest BCUT2D eigenvalue weighted by molar-refractivity contribution is 7.80. The lowest BCUT2D eigenvalue weighted by atomic mass is 9.70. The van der Waals surface area contributed by atoms with E-state index in [0.717, 1.165) is 66.2 Å². The highest BCUT2D eigenvalue weighted by atomic mass is 32.1. The smallest absolute Gasteiger partial charge is 0.0199 e. The molecule has 2 rings (SSSR count). The number of thiol groups is 4. The topological polar surface area (TPSA) is 0 Å². The number of aryl methyl sites for hydroxylation is 2. The molecule has 0 aromatic heterocycles. The first-order chi connectivity index (χ1) is 13.5. The van der Waals surface area contributed by atoms with E-state index in [1.807, 2.05) is 0 Å². The molecule has 4 heteroatoms. The quantitative estimate of drug-likeness (QED) is 0.198. The maximum atomic E-state index is 4.91. The summed E-state index contributed by atoms with van der Waals surface area (Å²) < 4.78 is 0. The predicted molar refractivity (Wildman–Crippen MR) is 138 cm³/mol. The van der Waals surface area contributed by atoms with Crippen LogP contribution in [0.5, 0.6) is 0 Å². The van der Waals surface area contributed by atoms with E-state index in [4.69, 9.17) is 25.3 Å². The molecule has 0 aliphatic carbocycles. The normalized spacial score (nSPS) is 11.8. The summed E-state index contributed by atoms with van der Waals surface area (Å²) in [5, 5.41) is 0. The largest absolute Gasteiger partial charge is 0.179 e. The van der Waals surface area contributed by atoms with E-state index in [0.29, 0.717) is 0 Å². The molecule has 2 aromatic rings. The molecule has 0 fully saturated rings. The van der Waals surface area contributed by atoms with Crippen molar-refractivity contribution in [3.05, 3.63) is 58.7 Å². The molecular formula is C24H34S4. The summed E-state index contributed by atoms with van der Waals surface area (Å²) in [4.78, 5) is 2.18. The average Bonchev–Trinajstić information content (AvgIpc) is 2.68. The van der Waals surface area contributed by atoms with E-state index in [-0.39, 0.29) is 5.41 Å². The maximum absolute atomic E-state index is 4.91. The second kappa shape index (κ2) is 11.9. The summed E-state index contributed by atoms with van der Waals surface area (Å²) in [6.07, 6.45) is 7.75. The minimum atomic E-state index is -0.108. The van der Waals surface area contributed by atoms with Gasteiger partial charge in [-0.1, -0.05) is 38.1 Å². The summed E-state index contributed by atoms with van der Waals surface area (Å²) in [5.41, 5.74) is 5.46. The third-order valence-corrected chi connectivity index (χ3v) is 7.15. The average molecular weight is 451 g/mol. The van der Waals surface area contributed by atoms with Crippen LogP contribution >= 0.6 is 50.5 Å². The van der Waals surface area contributed by atoms with Gasteiger partial charge in [0.2, 0.25) is 0 Å². The van der Waals surface area contributed by atoms with Crippen molar-refractivity contribution in [3.63, 3.8) is 0 Å². The van der Waals surface area contributed by atoms with Gasteiger partial charge in [-0.05, 0) is 90.8 Å². The third kappa shape index (κ3) is 5.71. The molecule has 0 unspecified atom stereocenters. The zero-order chi connectivity index (χ0) is 20.6. The summed E-state index contributed by atoms with van der Waals surface area (Å²) in [6, 6.07) is 13.1. The van der Waals surface area contributed by atoms with Gasteiger partial charge in [0.15, 0.2) is 0 Å². The van der Waals surface area contributed by atoms with Crippen molar-refractivity contribution in [3.8, 4) is 0 Å². The van der Waals surface area contributed by atoms with Gasteiger partial charge >= 0.3 is 0 Å². The van der Waals surface area contributed by atoms with E-state index in [1.54, 1.807) is 0 Å². The Hall–Kier alpha value is -0.160. The van der Waals surface area contributed by atoms with Gasteiger partial charge in [0.05, 0.1) is 0 Å². The molecule has 0 saturated heterocycles. The molecule has 154 valence electrons. The van der Waals surface area contributed by atoms with Crippen LogP contribution in [0.25, 0.3) is 0 Å². The lowest BCUT2D eigenvalue weighted by molar-refractivity contribution is 0.516. The van der Waals surface area contributed by atoms with Crippen molar-refractivity contribution in [1.29, 1.82) is 0 Å². The summed E-state index contributed by atoms with van der Waals surface area (Å²) >= 11 is 18.6. The van der Waals surface area contributed by atoms with E-state index in [2.05, 4.69) is 75.5 Å². The van der Waals surface area contributed by atoms with Crippen LogP contribution in [-0.4, -0.2) is 11.5 Å². The van der Waals surface area contributed by atoms with E-state index in [9.17, 15) is 0 Å². The Balaban J connectivity index is 2.57. The van der Waals surface area contributed by atoms with Crippen LogP contribution in [0, 0.1) is 0 Å². The maximum Gasteiger partial charge on any atom is 0.0199 e. The molecule has 0 heterocycles. The Kier molecular flexibility index (Phi) is 10.2. The van der Waals surface area contributed by atoms with Crippen LogP contribution in [0.1, 0.15) is 68.2 Å². The Bertz CT molecular complexity index is 695. The summed E-state index contributed by atoms with van der Waals surface area (Å²) in [5.74, 6) is 1.88. The standard InChI is InChI=1S/C24H34S4/c1-3-24(2,22-18(10-4-6-16-25)12-8-14-20(22)27)23-19(11-5-7-17-26)13-9-15-21(23)28/h8-9,12-15,25-28H,3-7,10-11,16-17H2,1-2H3. The predicted octanol–water partition coefficient (Wildman–Crippen LogP) is 7.49. The number of hydrogen-bond acceptors (Lipinski definition) is 4. The van der Waals surface area contributed by atoms with Crippen molar-refractivity contribution < 1.29 is 0 Å². The van der Waals surface area contributed by atoms with Crippen molar-refractivity contribution in [2.75, 3.05) is 11.5 Å². The highest BCUT2D eigenvalue weighted by Crippen LogP contribution is 2.44. The van der Waals surface area contributed by atoms with Crippen LogP contribution < -0.4 is 0 Å². The number of unbranched alkanes of at least 4 members (excludes halogenated alkanes) is 2. The molecule has 28 heavy (non-hydrogen) atoms. The lowest BCUT2D eigenvalue weighted by Gasteiger charge is -2.36. The highest BCUT2D eigenvalue weighted by Gasteiger charge is 2.34. The Morgan fingerprint density at radius 2 is 1.14 bits per heavy atom. The van der Waals surface area contributed by atoms with E-state index < -0.39 is 0 Å². The van der Waals surface area contributed by atoms with Gasteiger partial charge in [0.1, 0.15) is 0 Å². The van der Waals surface area contributed by atoms with Crippen molar-refractivity contribution in [1.82, 2.24) is 0 Å². The van der Waals surface area contributed by atoms with Crippen LogP contribution in [0.4, 0.5) is 0 Å². The molecule has 0 bridgehead atoms. The molecule has 0 aliphatic heterocycles. The van der Waals surface area contributed by atoms with Gasteiger partial charge in [-0.2, -0.15) is 25.3 Å². The number of rotatable bonds is 11. The molecule has 0 nitrogen and oxygen atoms in total. The molecule has 0 atom stereocenters. The SMILES string of the molecule is CCC(C)(c1c(S)cccc1CCCCS)c1c(S)cccc1CCCCS. The van der Waals surface area contributed by atoms with Crippen molar-refractivity contribution >= 4 is 50.5 Å². The summed E-state index contributed by atoms with van der Waals surface area (Å²) in [7, 11) is 0. The minimum absolute atomic E-state index is 0.108. The monoisotopic (exact) mass is 450 g/mol. The van der Waals surface area contributed by atoms with Crippen LogP contribution in [0.15, 0.2) is 46.2 Å². The van der Waals surface area contributed by atoms with Gasteiger partial charge < -0.3 is 0 Å². The van der Waals surface area contributed by atoms with Gasteiger partial charge in [0, 0.05) is 15.2 Å². The van der Waals surface area contributed by atoms with Gasteiger partial charge in [-0.25, -0.2) is 0 Å². The number of hydrogen-bond donors (Lipinski definition) is 4. The first-order valence-corrected chi connectivity index (χ1v) is 12.5. The van der Waals surface area contributed by atoms with Gasteiger partial charge in [-0.15, -0.1) is 25.3 Å². The zero-order valence-corrected chi connectivity index (χ0v) is 20.7. The molecular weight excluding hydrogens is 417 g/mol. The Morgan fingerprint density at radius 1 is 0.714 bits per heavy atom. The fourth-order valence-electron chi connectivity index (χ4n) is 4.20. The first-order valence-electron chi connectivity index (χ1n) is 10.3. The van der Waals surface area contributed by atoms with Crippen LogP contribution in [-0.2, 0) is 18.3 Å². The van der Waals surface area contributed by atoms with Crippen LogP contribution in [0.2, 0.25) is 0 Å². The summed E-state index contributed by atoms with van der Waals surface area (Å²) in [6.45, 7) is 4.66. The molecule has 0 radical (unpaired) electrons. The van der Waals surface area contributed by atoms with Gasteiger partial charge in [-0.3, -0.25) is 0 Å². The Labute approximate surface area is 193 Å². The molecule has 0 aliphatic rings. The molecule has 0 saturated carbocycles.